The molecule has 1 heterocycles. The van der Waals surface area contributed by atoms with Gasteiger partial charge in [-0.15, -0.1) is 0 Å². The van der Waals surface area contributed by atoms with Crippen LogP contribution >= 0.6 is 0 Å². The maximum atomic E-state index is 12.0. The van der Waals surface area contributed by atoms with Crippen molar-refractivity contribution in [2.24, 2.45) is 0 Å². The molecule has 0 saturated heterocycles. The monoisotopic (exact) mass is 287 g/mol. The number of benzene rings is 1. The van der Waals surface area contributed by atoms with Gasteiger partial charge in [0.2, 0.25) is 0 Å². The van der Waals surface area contributed by atoms with Crippen LogP contribution in [-0.2, 0) is 6.54 Å². The zero-order chi connectivity index (χ0) is 14.9. The molecule has 0 fully saturated rings. The summed E-state index contributed by atoms with van der Waals surface area (Å²) in [5, 5.41) is 2.93. The van der Waals surface area contributed by atoms with Gasteiger partial charge in [-0.05, 0) is 31.4 Å². The number of carbonyl (C=O) groups excluding carboxylic acids is 1. The summed E-state index contributed by atoms with van der Waals surface area (Å²) in [6, 6.07) is 7.25. The summed E-state index contributed by atoms with van der Waals surface area (Å²) in [6.45, 7) is 1.65. The number of nitrogens with zero attached hydrogens (tertiary/aromatic N) is 2. The first kappa shape index (κ1) is 15.1. The molecule has 0 radical (unpaired) electrons. The Kier molecular flexibility index (Phi) is 5.82. The lowest BCUT2D eigenvalue weighted by Crippen LogP contribution is -2.24. The molecule has 1 N–H and O–H groups in total. The van der Waals surface area contributed by atoms with E-state index in [1.165, 1.54) is 0 Å². The van der Waals surface area contributed by atoms with E-state index in [9.17, 15) is 4.79 Å². The molecule has 0 aliphatic rings. The van der Waals surface area contributed by atoms with E-state index >= 15 is 0 Å². The minimum absolute atomic E-state index is 0.0814. The Hall–Kier alpha value is -2.30. The van der Waals surface area contributed by atoms with E-state index in [0.717, 1.165) is 25.8 Å². The molecule has 0 bridgehead atoms. The molecule has 1 amide bonds. The molecule has 1 aromatic heterocycles. The summed E-state index contributed by atoms with van der Waals surface area (Å²) >= 11 is 0. The molecular formula is C16H21N3O2. The van der Waals surface area contributed by atoms with Crippen molar-refractivity contribution in [1.29, 1.82) is 0 Å². The van der Waals surface area contributed by atoms with E-state index in [-0.39, 0.29) is 5.91 Å². The molecule has 2 aromatic rings. The minimum atomic E-state index is -0.0814. The van der Waals surface area contributed by atoms with Gasteiger partial charge < -0.3 is 14.6 Å². The molecular weight excluding hydrogens is 266 g/mol. The smallest absolute Gasteiger partial charge is 0.255 e. The normalized spacial score (nSPS) is 10.3. The van der Waals surface area contributed by atoms with Crippen molar-refractivity contribution in [3.63, 3.8) is 0 Å². The lowest BCUT2D eigenvalue weighted by molar-refractivity contribution is 0.0950. The highest BCUT2D eigenvalue weighted by atomic mass is 16.5. The van der Waals surface area contributed by atoms with Gasteiger partial charge in [-0.1, -0.05) is 12.1 Å². The zero-order valence-corrected chi connectivity index (χ0v) is 12.3. The number of para-hydroxylation sites is 1. The van der Waals surface area contributed by atoms with E-state index in [2.05, 4.69) is 14.9 Å². The van der Waals surface area contributed by atoms with Crippen LogP contribution in [0, 0.1) is 0 Å². The van der Waals surface area contributed by atoms with Gasteiger partial charge in [0.1, 0.15) is 5.75 Å². The number of aromatic nitrogens is 2. The lowest BCUT2D eigenvalue weighted by Gasteiger charge is -2.09. The molecule has 5 heteroatoms. The first-order valence-electron chi connectivity index (χ1n) is 7.18. The fraction of sp³-hybridized carbons (Fsp3) is 0.375. The molecule has 0 aliphatic heterocycles. The molecule has 0 saturated carbocycles. The van der Waals surface area contributed by atoms with Crippen LogP contribution < -0.4 is 10.1 Å². The van der Waals surface area contributed by atoms with Crippen LogP contribution in [0.3, 0.4) is 0 Å². The zero-order valence-electron chi connectivity index (χ0n) is 12.3. The number of amides is 1. The number of nitrogens with one attached hydrogen (secondary N) is 1. The average Bonchev–Trinajstić information content (AvgIpc) is 3.03. The molecule has 2 rings (SSSR count). The van der Waals surface area contributed by atoms with Crippen molar-refractivity contribution < 1.29 is 9.53 Å². The number of unbranched alkanes of at least 4 members (excludes halogenated alkanes) is 2. The molecule has 112 valence electrons. The average molecular weight is 287 g/mol. The van der Waals surface area contributed by atoms with Gasteiger partial charge in [0, 0.05) is 25.5 Å². The number of rotatable bonds is 8. The van der Waals surface area contributed by atoms with Crippen molar-refractivity contribution in [3.8, 4) is 5.75 Å². The van der Waals surface area contributed by atoms with Crippen LogP contribution in [0.5, 0.6) is 5.75 Å². The topological polar surface area (TPSA) is 56.1 Å². The first-order valence-corrected chi connectivity index (χ1v) is 7.18. The van der Waals surface area contributed by atoms with Crippen molar-refractivity contribution in [2.45, 2.75) is 25.8 Å². The predicted molar refractivity (Wildman–Crippen MR) is 81.4 cm³/mol. The Labute approximate surface area is 125 Å². The van der Waals surface area contributed by atoms with E-state index < -0.39 is 0 Å². The van der Waals surface area contributed by atoms with E-state index in [0.29, 0.717) is 17.9 Å². The highest BCUT2D eigenvalue weighted by Gasteiger charge is 2.10. The number of hydrogen-bond acceptors (Lipinski definition) is 3. The summed E-state index contributed by atoms with van der Waals surface area (Å²) in [4.78, 5) is 16.0. The maximum absolute atomic E-state index is 12.0. The summed E-state index contributed by atoms with van der Waals surface area (Å²) < 4.78 is 7.25. The predicted octanol–water partition coefficient (Wildman–Crippen LogP) is 2.49. The van der Waals surface area contributed by atoms with Crippen LogP contribution in [0.4, 0.5) is 0 Å². The van der Waals surface area contributed by atoms with Gasteiger partial charge in [0.15, 0.2) is 0 Å². The molecule has 0 atom stereocenters. The number of ether oxygens (including phenoxy) is 1. The van der Waals surface area contributed by atoms with Gasteiger partial charge in [-0.3, -0.25) is 4.79 Å². The SMILES string of the molecule is COc1ccccc1C(=O)NCCCCCn1ccnc1. The van der Waals surface area contributed by atoms with Gasteiger partial charge in [-0.2, -0.15) is 0 Å². The largest absolute Gasteiger partial charge is 0.496 e. The summed E-state index contributed by atoms with van der Waals surface area (Å²) in [5.41, 5.74) is 0.582. The van der Waals surface area contributed by atoms with Crippen LogP contribution in [0.25, 0.3) is 0 Å². The quantitative estimate of drug-likeness (QED) is 0.759. The van der Waals surface area contributed by atoms with E-state index in [1.807, 2.05) is 24.7 Å². The third-order valence-corrected chi connectivity index (χ3v) is 3.29. The molecule has 0 unspecified atom stereocenters. The Balaban J connectivity index is 1.65. The maximum Gasteiger partial charge on any atom is 0.255 e. The number of imidazole rings is 1. The van der Waals surface area contributed by atoms with Crippen LogP contribution in [0.1, 0.15) is 29.6 Å². The number of aryl methyl sites for hydroxylation is 1. The Morgan fingerprint density at radius 3 is 2.90 bits per heavy atom. The molecule has 0 spiro atoms. The number of carbonyl (C=O) groups is 1. The standard InChI is InChI=1S/C16H21N3O2/c1-21-15-8-4-3-7-14(15)16(20)18-9-5-2-6-11-19-12-10-17-13-19/h3-4,7-8,10,12-13H,2,5-6,9,11H2,1H3,(H,18,20). The van der Waals surface area contributed by atoms with E-state index in [1.54, 1.807) is 25.4 Å². The Bertz CT molecular complexity index is 552. The lowest BCUT2D eigenvalue weighted by atomic mass is 10.2. The minimum Gasteiger partial charge on any atom is -0.496 e. The third kappa shape index (κ3) is 4.63. The van der Waals surface area contributed by atoms with Crippen LogP contribution in [0.15, 0.2) is 43.0 Å². The van der Waals surface area contributed by atoms with E-state index in [4.69, 9.17) is 4.74 Å². The second-order valence-corrected chi connectivity index (χ2v) is 4.82. The fourth-order valence-corrected chi connectivity index (χ4v) is 2.14. The second kappa shape index (κ2) is 8.09. The molecule has 5 nitrogen and oxygen atoms in total. The molecule has 0 aliphatic carbocycles. The Morgan fingerprint density at radius 2 is 2.14 bits per heavy atom. The first-order chi connectivity index (χ1) is 10.3. The second-order valence-electron chi connectivity index (χ2n) is 4.82. The number of methoxy groups -OCH3 is 1. The van der Waals surface area contributed by atoms with Crippen LogP contribution in [-0.4, -0.2) is 29.1 Å². The van der Waals surface area contributed by atoms with Gasteiger partial charge in [0.05, 0.1) is 19.0 Å². The van der Waals surface area contributed by atoms with Crippen molar-refractivity contribution in [3.05, 3.63) is 48.5 Å². The van der Waals surface area contributed by atoms with Gasteiger partial charge in [-0.25, -0.2) is 4.98 Å². The van der Waals surface area contributed by atoms with Gasteiger partial charge >= 0.3 is 0 Å². The fourth-order valence-electron chi connectivity index (χ4n) is 2.14. The highest BCUT2D eigenvalue weighted by Crippen LogP contribution is 2.16. The summed E-state index contributed by atoms with van der Waals surface area (Å²) in [7, 11) is 1.57. The number of hydrogen-bond donors (Lipinski definition) is 1. The Morgan fingerprint density at radius 1 is 1.29 bits per heavy atom. The summed E-state index contributed by atoms with van der Waals surface area (Å²) in [5.74, 6) is 0.525. The van der Waals surface area contributed by atoms with Crippen molar-refractivity contribution in [2.75, 3.05) is 13.7 Å². The van der Waals surface area contributed by atoms with Crippen molar-refractivity contribution in [1.82, 2.24) is 14.9 Å². The van der Waals surface area contributed by atoms with Gasteiger partial charge in [0.25, 0.3) is 5.91 Å². The molecule has 21 heavy (non-hydrogen) atoms. The highest BCUT2D eigenvalue weighted by molar-refractivity contribution is 5.96. The third-order valence-electron chi connectivity index (χ3n) is 3.29. The van der Waals surface area contributed by atoms with Crippen LogP contribution in [0.2, 0.25) is 0 Å². The molecule has 1 aromatic carbocycles. The van der Waals surface area contributed by atoms with Crippen molar-refractivity contribution >= 4 is 5.91 Å². The summed E-state index contributed by atoms with van der Waals surface area (Å²) in [6.07, 6.45) is 8.70.